The van der Waals surface area contributed by atoms with Gasteiger partial charge >= 0.3 is 11.9 Å². The molecule has 1 saturated carbocycles. The maximum absolute atomic E-state index is 13.1. The van der Waals surface area contributed by atoms with Crippen molar-refractivity contribution in [3.05, 3.63) is 102 Å². The van der Waals surface area contributed by atoms with E-state index in [0.717, 1.165) is 16.7 Å². The van der Waals surface area contributed by atoms with Gasteiger partial charge in [-0.15, -0.1) is 0 Å². The third-order valence-electron chi connectivity index (χ3n) is 5.63. The number of ether oxygens (including phenoxy) is 3. The molecule has 1 aliphatic carbocycles. The van der Waals surface area contributed by atoms with Gasteiger partial charge in [-0.25, -0.2) is 0 Å². The SMILES string of the molecule is COc1ccc(C2CC2(C(=O)OCc2ccccc2)C(=O)OCc2ccccc2)cc1. The molecule has 3 aromatic carbocycles. The molecule has 0 saturated heterocycles. The molecule has 0 amide bonds. The molecule has 3 aromatic rings. The molecule has 0 radical (unpaired) electrons. The Hall–Kier alpha value is -3.60. The van der Waals surface area contributed by atoms with Crippen molar-refractivity contribution in [1.82, 2.24) is 0 Å². The van der Waals surface area contributed by atoms with E-state index in [0.29, 0.717) is 12.2 Å². The number of hydrogen-bond acceptors (Lipinski definition) is 5. The summed E-state index contributed by atoms with van der Waals surface area (Å²) in [7, 11) is 1.60. The van der Waals surface area contributed by atoms with Crippen molar-refractivity contribution in [1.29, 1.82) is 0 Å². The molecule has 158 valence electrons. The molecule has 4 rings (SSSR count). The van der Waals surface area contributed by atoms with Gasteiger partial charge in [0.25, 0.3) is 0 Å². The highest BCUT2D eigenvalue weighted by Crippen LogP contribution is 2.61. The van der Waals surface area contributed by atoms with Gasteiger partial charge in [-0.2, -0.15) is 0 Å². The van der Waals surface area contributed by atoms with E-state index < -0.39 is 17.4 Å². The van der Waals surface area contributed by atoms with Crippen molar-refractivity contribution in [3.8, 4) is 5.75 Å². The van der Waals surface area contributed by atoms with Crippen LogP contribution in [0.2, 0.25) is 0 Å². The molecule has 0 aromatic heterocycles. The zero-order valence-electron chi connectivity index (χ0n) is 17.3. The summed E-state index contributed by atoms with van der Waals surface area (Å²) >= 11 is 0. The zero-order chi connectivity index (χ0) is 21.7. The minimum absolute atomic E-state index is 0.114. The van der Waals surface area contributed by atoms with Crippen LogP contribution < -0.4 is 4.74 Å². The van der Waals surface area contributed by atoms with E-state index in [9.17, 15) is 9.59 Å². The van der Waals surface area contributed by atoms with Gasteiger partial charge in [0.1, 0.15) is 19.0 Å². The second-order valence-electron chi connectivity index (χ2n) is 7.62. The fourth-order valence-electron chi connectivity index (χ4n) is 3.74. The first kappa shape index (κ1) is 20.7. The summed E-state index contributed by atoms with van der Waals surface area (Å²) in [6.07, 6.45) is 0.362. The van der Waals surface area contributed by atoms with Gasteiger partial charge in [-0.3, -0.25) is 9.59 Å². The fraction of sp³-hybridized carbons (Fsp3) is 0.231. The van der Waals surface area contributed by atoms with Crippen molar-refractivity contribution >= 4 is 11.9 Å². The average Bonchev–Trinajstić information content (AvgIpc) is 3.59. The van der Waals surface area contributed by atoms with E-state index in [1.807, 2.05) is 84.9 Å². The monoisotopic (exact) mass is 416 g/mol. The summed E-state index contributed by atoms with van der Waals surface area (Å²) in [6.45, 7) is 0.228. The first-order valence-electron chi connectivity index (χ1n) is 10.2. The van der Waals surface area contributed by atoms with Gasteiger partial charge in [0.15, 0.2) is 5.41 Å². The molecule has 0 N–H and O–H groups in total. The Morgan fingerprint density at radius 1 is 0.774 bits per heavy atom. The topological polar surface area (TPSA) is 61.8 Å². The lowest BCUT2D eigenvalue weighted by molar-refractivity contribution is -0.166. The highest BCUT2D eigenvalue weighted by atomic mass is 16.6. The first-order valence-corrected chi connectivity index (χ1v) is 10.2. The van der Waals surface area contributed by atoms with E-state index in [1.54, 1.807) is 7.11 Å². The van der Waals surface area contributed by atoms with Crippen LogP contribution in [0.1, 0.15) is 29.0 Å². The van der Waals surface area contributed by atoms with Gasteiger partial charge < -0.3 is 14.2 Å². The quantitative estimate of drug-likeness (QED) is 0.395. The fourth-order valence-corrected chi connectivity index (χ4v) is 3.74. The molecule has 1 atom stereocenters. The second kappa shape index (κ2) is 9.04. The Bertz CT molecular complexity index is 973. The Balaban J connectivity index is 1.51. The van der Waals surface area contributed by atoms with E-state index >= 15 is 0 Å². The number of benzene rings is 3. The summed E-state index contributed by atoms with van der Waals surface area (Å²) in [6, 6.07) is 26.2. The molecule has 1 unspecified atom stereocenters. The molecular formula is C26H24O5. The van der Waals surface area contributed by atoms with Crippen LogP contribution >= 0.6 is 0 Å². The molecule has 31 heavy (non-hydrogen) atoms. The molecule has 0 aliphatic heterocycles. The zero-order valence-corrected chi connectivity index (χ0v) is 17.3. The average molecular weight is 416 g/mol. The van der Waals surface area contributed by atoms with Gasteiger partial charge in [0, 0.05) is 5.92 Å². The van der Waals surface area contributed by atoms with Crippen LogP contribution in [-0.4, -0.2) is 19.0 Å². The minimum Gasteiger partial charge on any atom is -0.497 e. The third-order valence-corrected chi connectivity index (χ3v) is 5.63. The summed E-state index contributed by atoms with van der Waals surface area (Å²) in [4.78, 5) is 26.2. The second-order valence-corrected chi connectivity index (χ2v) is 7.62. The molecule has 5 heteroatoms. The van der Waals surface area contributed by atoms with Gasteiger partial charge in [0.2, 0.25) is 0 Å². The Kier molecular flexibility index (Phi) is 6.03. The predicted octanol–water partition coefficient (Wildman–Crippen LogP) is 4.66. The van der Waals surface area contributed by atoms with E-state index in [2.05, 4.69) is 0 Å². The van der Waals surface area contributed by atoms with Crippen LogP contribution in [0, 0.1) is 5.41 Å². The van der Waals surface area contributed by atoms with E-state index in [1.165, 1.54) is 0 Å². The first-order chi connectivity index (χ1) is 15.1. The Labute approximate surface area is 181 Å². The molecule has 0 bridgehead atoms. The van der Waals surface area contributed by atoms with Crippen LogP contribution in [0.3, 0.4) is 0 Å². The van der Waals surface area contributed by atoms with Crippen LogP contribution in [0.25, 0.3) is 0 Å². The maximum Gasteiger partial charge on any atom is 0.324 e. The lowest BCUT2D eigenvalue weighted by atomic mass is 9.99. The number of carbonyl (C=O) groups is 2. The van der Waals surface area contributed by atoms with Gasteiger partial charge in [-0.05, 0) is 35.2 Å². The van der Waals surface area contributed by atoms with Crippen LogP contribution in [0.15, 0.2) is 84.9 Å². The molecule has 5 nitrogen and oxygen atoms in total. The van der Waals surface area contributed by atoms with E-state index in [4.69, 9.17) is 14.2 Å². The summed E-state index contributed by atoms with van der Waals surface area (Å²) in [5, 5.41) is 0. The lowest BCUT2D eigenvalue weighted by Gasteiger charge is -2.16. The third kappa shape index (κ3) is 4.45. The maximum atomic E-state index is 13.1. The normalized spacial score (nSPS) is 16.2. The molecule has 0 spiro atoms. The largest absolute Gasteiger partial charge is 0.497 e. The highest BCUT2D eigenvalue weighted by molar-refractivity contribution is 6.05. The smallest absolute Gasteiger partial charge is 0.324 e. The van der Waals surface area contributed by atoms with Crippen molar-refractivity contribution in [3.63, 3.8) is 0 Å². The molecular weight excluding hydrogens is 392 g/mol. The molecule has 1 fully saturated rings. The Morgan fingerprint density at radius 3 is 1.71 bits per heavy atom. The number of carbonyl (C=O) groups excluding carboxylic acids is 2. The summed E-state index contributed by atoms with van der Waals surface area (Å²) < 4.78 is 16.3. The van der Waals surface area contributed by atoms with Crippen molar-refractivity contribution in [2.24, 2.45) is 5.41 Å². The Morgan fingerprint density at radius 2 is 1.26 bits per heavy atom. The van der Waals surface area contributed by atoms with Crippen molar-refractivity contribution < 1.29 is 23.8 Å². The summed E-state index contributed by atoms with van der Waals surface area (Å²) in [5.41, 5.74) is 1.29. The standard InChI is InChI=1S/C26H24O5/c1-29-22-14-12-21(13-15-22)23-16-26(23,24(27)30-17-19-8-4-2-5-9-19)25(28)31-18-20-10-6-3-7-11-20/h2-15,23H,16-18H2,1H3. The van der Waals surface area contributed by atoms with Crippen molar-refractivity contribution in [2.45, 2.75) is 25.6 Å². The van der Waals surface area contributed by atoms with Gasteiger partial charge in [-0.1, -0.05) is 72.8 Å². The van der Waals surface area contributed by atoms with E-state index in [-0.39, 0.29) is 19.1 Å². The lowest BCUT2D eigenvalue weighted by Crippen LogP contribution is -2.31. The van der Waals surface area contributed by atoms with Gasteiger partial charge in [0.05, 0.1) is 7.11 Å². The van der Waals surface area contributed by atoms with Crippen LogP contribution in [-0.2, 0) is 32.3 Å². The van der Waals surface area contributed by atoms with Crippen molar-refractivity contribution in [2.75, 3.05) is 7.11 Å². The number of methoxy groups -OCH3 is 1. The highest BCUT2D eigenvalue weighted by Gasteiger charge is 2.68. The van der Waals surface area contributed by atoms with Crippen LogP contribution in [0.4, 0.5) is 0 Å². The molecule has 0 heterocycles. The summed E-state index contributed by atoms with van der Waals surface area (Å²) in [5.74, 6) is -0.663. The predicted molar refractivity (Wildman–Crippen MR) is 115 cm³/mol. The minimum atomic E-state index is -1.32. The number of esters is 2. The number of rotatable bonds is 8. The molecule has 1 aliphatic rings. The number of hydrogen-bond donors (Lipinski definition) is 0. The van der Waals surface area contributed by atoms with Crippen LogP contribution in [0.5, 0.6) is 5.75 Å².